The lowest BCUT2D eigenvalue weighted by molar-refractivity contribution is -0.174. The van der Waals surface area contributed by atoms with Gasteiger partial charge in [-0.3, -0.25) is 4.79 Å². The molecule has 20 heavy (non-hydrogen) atoms. The first-order valence-corrected chi connectivity index (χ1v) is 6.25. The number of ether oxygens (including phenoxy) is 1. The Balaban J connectivity index is 2.45. The van der Waals surface area contributed by atoms with Crippen LogP contribution in [0.2, 0.25) is 0 Å². The molecule has 1 aromatic carbocycles. The normalized spacial score (nSPS) is 10.9. The molecule has 0 aromatic heterocycles. The number of carbonyl (C=O) groups excluding carboxylic acids is 1. The second-order valence-electron chi connectivity index (χ2n) is 3.77. The summed E-state index contributed by atoms with van der Waals surface area (Å²) in [7, 11) is 0. The van der Waals surface area contributed by atoms with Gasteiger partial charge in [0, 0.05) is 4.47 Å². The van der Waals surface area contributed by atoms with Crippen molar-refractivity contribution in [1.82, 2.24) is 0 Å². The van der Waals surface area contributed by atoms with E-state index in [0.717, 1.165) is 0 Å². The van der Waals surface area contributed by atoms with E-state index in [-0.39, 0.29) is 18.6 Å². The Hall–Kier alpha value is -1.59. The van der Waals surface area contributed by atoms with Gasteiger partial charge in [0.1, 0.15) is 12.7 Å². The molecule has 0 heterocycles. The Morgan fingerprint density at radius 1 is 1.45 bits per heavy atom. The number of nitrogens with zero attached hydrogens (tertiary/aromatic N) is 1. The Bertz CT molecular complexity index is 526. The fourth-order valence-electron chi connectivity index (χ4n) is 1.28. The molecule has 4 nitrogen and oxygen atoms in total. The molecule has 0 atom stereocenters. The van der Waals surface area contributed by atoms with E-state index < -0.39 is 18.7 Å². The zero-order valence-corrected chi connectivity index (χ0v) is 11.7. The van der Waals surface area contributed by atoms with E-state index in [2.05, 4.69) is 26.0 Å². The minimum atomic E-state index is -4.41. The molecule has 0 aliphatic rings. The van der Waals surface area contributed by atoms with E-state index >= 15 is 0 Å². The topological polar surface area (TPSA) is 62.1 Å². The zero-order chi connectivity index (χ0) is 15.2. The van der Waals surface area contributed by atoms with Crippen molar-refractivity contribution in [2.24, 2.45) is 0 Å². The van der Waals surface area contributed by atoms with E-state index in [4.69, 9.17) is 5.26 Å². The summed E-state index contributed by atoms with van der Waals surface area (Å²) in [6.07, 6.45) is -4.63. The third kappa shape index (κ3) is 6.04. The fraction of sp³-hybridized carbons (Fsp3) is 0.333. The lowest BCUT2D eigenvalue weighted by Crippen LogP contribution is -2.20. The van der Waals surface area contributed by atoms with Gasteiger partial charge in [0.05, 0.1) is 24.3 Å². The van der Waals surface area contributed by atoms with Crippen molar-refractivity contribution in [3.05, 3.63) is 28.2 Å². The van der Waals surface area contributed by atoms with Gasteiger partial charge in [0.25, 0.3) is 0 Å². The molecule has 0 radical (unpaired) electrons. The summed E-state index contributed by atoms with van der Waals surface area (Å²) < 4.78 is 40.4. The minimum absolute atomic E-state index is 0.225. The maximum absolute atomic E-state index is 11.8. The van der Waals surface area contributed by atoms with Gasteiger partial charge < -0.3 is 10.1 Å². The number of nitriles is 1. The highest BCUT2D eigenvalue weighted by Crippen LogP contribution is 2.20. The smallest absolute Gasteiger partial charge is 0.372 e. The molecule has 0 bridgehead atoms. The van der Waals surface area contributed by atoms with E-state index in [1.165, 1.54) is 12.1 Å². The third-order valence-corrected chi connectivity index (χ3v) is 2.61. The predicted octanol–water partition coefficient (Wildman–Crippen LogP) is 3.23. The summed E-state index contributed by atoms with van der Waals surface area (Å²) >= 11 is 3.18. The van der Waals surface area contributed by atoms with Gasteiger partial charge in [-0.25, -0.2) is 0 Å². The van der Waals surface area contributed by atoms with Gasteiger partial charge in [-0.1, -0.05) is 15.9 Å². The van der Waals surface area contributed by atoms with Crippen LogP contribution in [-0.2, 0) is 9.53 Å². The first-order valence-electron chi connectivity index (χ1n) is 5.46. The van der Waals surface area contributed by atoms with Crippen LogP contribution >= 0.6 is 15.9 Å². The number of anilines is 1. The summed E-state index contributed by atoms with van der Waals surface area (Å²) in [6, 6.07) is 6.59. The first-order chi connectivity index (χ1) is 9.31. The van der Waals surface area contributed by atoms with Crippen LogP contribution in [0.5, 0.6) is 0 Å². The van der Waals surface area contributed by atoms with Gasteiger partial charge >= 0.3 is 6.18 Å². The molecule has 0 spiro atoms. The molecule has 1 amide bonds. The Morgan fingerprint density at radius 3 is 2.75 bits per heavy atom. The summed E-state index contributed by atoms with van der Waals surface area (Å²) in [5, 5.41) is 11.3. The largest absolute Gasteiger partial charge is 0.411 e. The summed E-state index contributed by atoms with van der Waals surface area (Å²) in [5.74, 6) is -0.522. The SMILES string of the molecule is N#Cc1cc(Br)ccc1NC(=O)CCOCC(F)(F)F. The van der Waals surface area contributed by atoms with Crippen LogP contribution < -0.4 is 5.32 Å². The quantitative estimate of drug-likeness (QED) is 0.829. The molecule has 0 fully saturated rings. The third-order valence-electron chi connectivity index (χ3n) is 2.12. The average molecular weight is 351 g/mol. The van der Waals surface area contributed by atoms with Crippen LogP contribution in [0.4, 0.5) is 18.9 Å². The van der Waals surface area contributed by atoms with E-state index in [1.54, 1.807) is 6.07 Å². The summed E-state index contributed by atoms with van der Waals surface area (Å²) in [6.45, 7) is -1.73. The maximum atomic E-state index is 11.8. The van der Waals surface area contributed by atoms with E-state index in [0.29, 0.717) is 10.2 Å². The van der Waals surface area contributed by atoms with Crippen molar-refractivity contribution in [3.63, 3.8) is 0 Å². The number of rotatable bonds is 5. The number of hydrogen-bond donors (Lipinski definition) is 1. The van der Waals surface area contributed by atoms with Gasteiger partial charge in [-0.2, -0.15) is 18.4 Å². The van der Waals surface area contributed by atoms with Gasteiger partial charge in [0.2, 0.25) is 5.91 Å². The van der Waals surface area contributed by atoms with Gasteiger partial charge in [0.15, 0.2) is 0 Å². The van der Waals surface area contributed by atoms with Crippen LogP contribution in [0.1, 0.15) is 12.0 Å². The number of hydrogen-bond acceptors (Lipinski definition) is 3. The number of amides is 1. The molecule has 1 aromatic rings. The fourth-order valence-corrected chi connectivity index (χ4v) is 1.64. The second kappa shape index (κ2) is 7.26. The van der Waals surface area contributed by atoms with E-state index in [9.17, 15) is 18.0 Å². The minimum Gasteiger partial charge on any atom is -0.372 e. The number of carbonyl (C=O) groups is 1. The van der Waals surface area contributed by atoms with Gasteiger partial charge in [-0.05, 0) is 18.2 Å². The Labute approximate surface area is 121 Å². The molecule has 0 saturated heterocycles. The molecule has 0 aliphatic heterocycles. The molecule has 0 saturated carbocycles. The van der Waals surface area contributed by atoms with Crippen LogP contribution in [0.25, 0.3) is 0 Å². The van der Waals surface area contributed by atoms with Crippen LogP contribution in [0.3, 0.4) is 0 Å². The standard InChI is InChI=1S/C12H10BrF3N2O2/c13-9-1-2-10(8(5-9)6-17)18-11(19)3-4-20-7-12(14,15)16/h1-2,5H,3-4,7H2,(H,18,19). The number of halogens is 4. The lowest BCUT2D eigenvalue weighted by atomic mass is 10.2. The number of benzene rings is 1. The monoisotopic (exact) mass is 350 g/mol. The number of alkyl halides is 3. The Morgan fingerprint density at radius 2 is 2.15 bits per heavy atom. The number of nitrogens with one attached hydrogen (secondary N) is 1. The van der Waals surface area contributed by atoms with Crippen LogP contribution in [-0.4, -0.2) is 25.3 Å². The van der Waals surface area contributed by atoms with Crippen LogP contribution in [0.15, 0.2) is 22.7 Å². The molecule has 1 rings (SSSR count). The molecular weight excluding hydrogens is 341 g/mol. The molecular formula is C12H10BrF3N2O2. The van der Waals surface area contributed by atoms with Crippen molar-refractivity contribution in [2.75, 3.05) is 18.5 Å². The highest BCUT2D eigenvalue weighted by molar-refractivity contribution is 9.10. The van der Waals surface area contributed by atoms with Crippen molar-refractivity contribution < 1.29 is 22.7 Å². The van der Waals surface area contributed by atoms with Crippen molar-refractivity contribution >= 4 is 27.5 Å². The molecule has 0 aliphatic carbocycles. The van der Waals surface area contributed by atoms with Crippen molar-refractivity contribution in [2.45, 2.75) is 12.6 Å². The second-order valence-corrected chi connectivity index (χ2v) is 4.68. The van der Waals surface area contributed by atoms with Crippen LogP contribution in [0, 0.1) is 11.3 Å². The lowest BCUT2D eigenvalue weighted by Gasteiger charge is -2.09. The summed E-state index contributed by atoms with van der Waals surface area (Å²) in [5.41, 5.74) is 0.556. The highest BCUT2D eigenvalue weighted by atomic mass is 79.9. The zero-order valence-electron chi connectivity index (χ0n) is 10.1. The molecule has 8 heteroatoms. The van der Waals surface area contributed by atoms with Gasteiger partial charge in [-0.15, -0.1) is 0 Å². The average Bonchev–Trinajstić information content (AvgIpc) is 2.35. The van der Waals surface area contributed by atoms with Crippen molar-refractivity contribution in [3.8, 4) is 6.07 Å². The molecule has 108 valence electrons. The summed E-state index contributed by atoms with van der Waals surface area (Å²) in [4.78, 5) is 11.5. The first kappa shape index (κ1) is 16.5. The maximum Gasteiger partial charge on any atom is 0.411 e. The predicted molar refractivity (Wildman–Crippen MR) is 69.0 cm³/mol. The molecule has 0 unspecified atom stereocenters. The molecule has 1 N–H and O–H groups in total. The van der Waals surface area contributed by atoms with Crippen molar-refractivity contribution in [1.29, 1.82) is 5.26 Å². The Kier molecular flexibility index (Phi) is 5.98. The highest BCUT2D eigenvalue weighted by Gasteiger charge is 2.27. The van der Waals surface area contributed by atoms with E-state index in [1.807, 2.05) is 6.07 Å².